The molecule has 1 aromatic carbocycles. The number of hydrogen-bond acceptors (Lipinski definition) is 4. The number of amides is 1. The molecule has 22 heavy (non-hydrogen) atoms. The predicted octanol–water partition coefficient (Wildman–Crippen LogP) is 2.31. The highest BCUT2D eigenvalue weighted by molar-refractivity contribution is 5.95. The van der Waals surface area contributed by atoms with Crippen molar-refractivity contribution in [2.75, 3.05) is 19.5 Å². The van der Waals surface area contributed by atoms with Gasteiger partial charge in [0.05, 0.1) is 26.1 Å². The van der Waals surface area contributed by atoms with E-state index in [2.05, 4.69) is 5.32 Å². The van der Waals surface area contributed by atoms with Crippen LogP contribution in [0.2, 0.25) is 0 Å². The maximum atomic E-state index is 12.4. The molecule has 6 nitrogen and oxygen atoms in total. The number of carboxylic acids is 1. The van der Waals surface area contributed by atoms with Crippen LogP contribution in [-0.4, -0.2) is 31.2 Å². The first kappa shape index (κ1) is 15.9. The first-order valence-corrected chi connectivity index (χ1v) is 6.97. The largest absolute Gasteiger partial charge is 0.497 e. The third-order valence-corrected chi connectivity index (χ3v) is 3.71. The minimum Gasteiger partial charge on any atom is -0.497 e. The Morgan fingerprint density at radius 1 is 1.05 bits per heavy atom. The Hall–Kier alpha value is -2.50. The zero-order chi connectivity index (χ0) is 16.1. The number of carbonyl (C=O) groups is 2. The highest BCUT2D eigenvalue weighted by Crippen LogP contribution is 2.29. The van der Waals surface area contributed by atoms with Crippen LogP contribution in [0.15, 0.2) is 30.4 Å². The summed E-state index contributed by atoms with van der Waals surface area (Å²) >= 11 is 0. The number of benzene rings is 1. The molecule has 1 aromatic rings. The Morgan fingerprint density at radius 2 is 1.59 bits per heavy atom. The highest BCUT2D eigenvalue weighted by atomic mass is 16.5. The predicted molar refractivity (Wildman–Crippen MR) is 81.2 cm³/mol. The van der Waals surface area contributed by atoms with Gasteiger partial charge in [0, 0.05) is 23.9 Å². The van der Waals surface area contributed by atoms with Crippen LogP contribution in [0.4, 0.5) is 5.69 Å². The van der Waals surface area contributed by atoms with Gasteiger partial charge in [-0.25, -0.2) is 0 Å². The number of hydrogen-bond donors (Lipinski definition) is 2. The van der Waals surface area contributed by atoms with Gasteiger partial charge in [-0.15, -0.1) is 0 Å². The van der Waals surface area contributed by atoms with Crippen molar-refractivity contribution in [3.63, 3.8) is 0 Å². The molecule has 6 heteroatoms. The lowest BCUT2D eigenvalue weighted by Gasteiger charge is -2.24. The lowest BCUT2D eigenvalue weighted by atomic mass is 9.82. The molecule has 0 spiro atoms. The van der Waals surface area contributed by atoms with Crippen LogP contribution in [0.25, 0.3) is 0 Å². The van der Waals surface area contributed by atoms with E-state index >= 15 is 0 Å². The maximum Gasteiger partial charge on any atom is 0.307 e. The fourth-order valence-corrected chi connectivity index (χ4v) is 2.49. The SMILES string of the molecule is COc1cc(NC(=O)[C@H]2CC=CC[C@H]2C(=O)O)cc(OC)c1. The van der Waals surface area contributed by atoms with E-state index in [1.165, 1.54) is 14.2 Å². The summed E-state index contributed by atoms with van der Waals surface area (Å²) in [5.41, 5.74) is 0.514. The summed E-state index contributed by atoms with van der Waals surface area (Å²) in [5, 5.41) is 12.0. The van der Waals surface area contributed by atoms with Crippen LogP contribution in [-0.2, 0) is 9.59 Å². The molecule has 0 fully saturated rings. The van der Waals surface area contributed by atoms with Crippen LogP contribution >= 0.6 is 0 Å². The van der Waals surface area contributed by atoms with Gasteiger partial charge >= 0.3 is 5.97 Å². The van der Waals surface area contributed by atoms with Crippen LogP contribution in [0.1, 0.15) is 12.8 Å². The molecule has 0 aliphatic heterocycles. The van der Waals surface area contributed by atoms with E-state index in [9.17, 15) is 14.7 Å². The zero-order valence-corrected chi connectivity index (χ0v) is 12.5. The van der Waals surface area contributed by atoms with E-state index in [1.807, 2.05) is 6.08 Å². The fourth-order valence-electron chi connectivity index (χ4n) is 2.49. The van der Waals surface area contributed by atoms with Gasteiger partial charge in [0.2, 0.25) is 5.91 Å². The van der Waals surface area contributed by atoms with Crippen molar-refractivity contribution in [3.8, 4) is 11.5 Å². The standard InChI is InChI=1S/C16H19NO5/c1-21-11-7-10(8-12(9-11)22-2)17-15(18)13-5-3-4-6-14(13)16(19)20/h3-4,7-9,13-14H,5-6H2,1-2H3,(H,17,18)(H,19,20)/t13-,14+/m0/s1. The molecule has 0 saturated carbocycles. The van der Waals surface area contributed by atoms with Gasteiger partial charge in [-0.1, -0.05) is 12.2 Å². The average Bonchev–Trinajstić information content (AvgIpc) is 2.54. The molecule has 1 aliphatic rings. The molecule has 1 aliphatic carbocycles. The van der Waals surface area contributed by atoms with Gasteiger partial charge < -0.3 is 19.9 Å². The second kappa shape index (κ2) is 6.98. The molecule has 2 N–H and O–H groups in total. The van der Waals surface area contributed by atoms with Gasteiger partial charge in [-0.3, -0.25) is 9.59 Å². The lowest BCUT2D eigenvalue weighted by molar-refractivity contribution is -0.146. The molecule has 0 unspecified atom stereocenters. The number of ether oxygens (including phenoxy) is 2. The van der Waals surface area contributed by atoms with Crippen LogP contribution in [0.5, 0.6) is 11.5 Å². The third-order valence-electron chi connectivity index (χ3n) is 3.71. The Morgan fingerprint density at radius 3 is 2.09 bits per heavy atom. The first-order chi connectivity index (χ1) is 10.5. The number of methoxy groups -OCH3 is 2. The number of allylic oxidation sites excluding steroid dienone is 2. The Bertz CT molecular complexity index is 574. The van der Waals surface area contributed by atoms with E-state index < -0.39 is 17.8 Å². The summed E-state index contributed by atoms with van der Waals surface area (Å²) in [4.78, 5) is 23.7. The van der Waals surface area contributed by atoms with Crippen LogP contribution < -0.4 is 14.8 Å². The molecule has 0 heterocycles. The number of carbonyl (C=O) groups excluding carboxylic acids is 1. The molecule has 0 saturated heterocycles. The van der Waals surface area contributed by atoms with Gasteiger partial charge in [0.15, 0.2) is 0 Å². The first-order valence-electron chi connectivity index (χ1n) is 6.97. The smallest absolute Gasteiger partial charge is 0.307 e. The average molecular weight is 305 g/mol. The number of anilines is 1. The topological polar surface area (TPSA) is 84.9 Å². The Balaban J connectivity index is 2.17. The van der Waals surface area contributed by atoms with E-state index in [4.69, 9.17) is 9.47 Å². The van der Waals surface area contributed by atoms with Crippen molar-refractivity contribution in [1.29, 1.82) is 0 Å². The zero-order valence-electron chi connectivity index (χ0n) is 12.5. The molecule has 2 atom stereocenters. The highest BCUT2D eigenvalue weighted by Gasteiger charge is 2.34. The van der Waals surface area contributed by atoms with E-state index in [0.29, 0.717) is 30.0 Å². The Kier molecular flexibility index (Phi) is 5.04. The van der Waals surface area contributed by atoms with Crippen molar-refractivity contribution in [2.24, 2.45) is 11.8 Å². The molecular weight excluding hydrogens is 286 g/mol. The van der Waals surface area contributed by atoms with E-state index in [0.717, 1.165) is 0 Å². The van der Waals surface area contributed by atoms with Crippen molar-refractivity contribution in [3.05, 3.63) is 30.4 Å². The summed E-state index contributed by atoms with van der Waals surface area (Å²) in [6, 6.07) is 5.02. The second-order valence-corrected chi connectivity index (χ2v) is 5.08. The monoisotopic (exact) mass is 305 g/mol. The van der Waals surface area contributed by atoms with Gasteiger partial charge in [-0.2, -0.15) is 0 Å². The molecule has 118 valence electrons. The van der Waals surface area contributed by atoms with Crippen LogP contribution in [0.3, 0.4) is 0 Å². The summed E-state index contributed by atoms with van der Waals surface area (Å²) < 4.78 is 10.3. The Labute approximate surface area is 128 Å². The number of carboxylic acid groups (broad SMARTS) is 1. The normalized spacial score (nSPS) is 20.3. The molecular formula is C16H19NO5. The van der Waals surface area contributed by atoms with E-state index in [-0.39, 0.29) is 5.91 Å². The summed E-state index contributed by atoms with van der Waals surface area (Å²) in [6.45, 7) is 0. The molecule has 0 radical (unpaired) electrons. The lowest BCUT2D eigenvalue weighted by Crippen LogP contribution is -2.34. The van der Waals surface area contributed by atoms with Crippen molar-refractivity contribution < 1.29 is 24.2 Å². The molecule has 1 amide bonds. The summed E-state index contributed by atoms with van der Waals surface area (Å²) in [7, 11) is 3.04. The summed E-state index contributed by atoms with van der Waals surface area (Å²) in [6.07, 6.45) is 4.44. The number of rotatable bonds is 5. The summed E-state index contributed by atoms with van der Waals surface area (Å²) in [5.74, 6) is -1.45. The number of aliphatic carboxylic acids is 1. The van der Waals surface area contributed by atoms with Crippen molar-refractivity contribution in [1.82, 2.24) is 0 Å². The van der Waals surface area contributed by atoms with Gasteiger partial charge in [0.1, 0.15) is 11.5 Å². The number of nitrogens with one attached hydrogen (secondary N) is 1. The van der Waals surface area contributed by atoms with Gasteiger partial charge in [-0.05, 0) is 12.8 Å². The van der Waals surface area contributed by atoms with E-state index in [1.54, 1.807) is 24.3 Å². The quantitative estimate of drug-likeness (QED) is 0.815. The second-order valence-electron chi connectivity index (χ2n) is 5.08. The van der Waals surface area contributed by atoms with Gasteiger partial charge in [0.25, 0.3) is 0 Å². The third kappa shape index (κ3) is 3.58. The van der Waals surface area contributed by atoms with Crippen molar-refractivity contribution in [2.45, 2.75) is 12.8 Å². The molecule has 2 rings (SSSR count). The van der Waals surface area contributed by atoms with Crippen LogP contribution in [0, 0.1) is 11.8 Å². The minimum atomic E-state index is -0.951. The minimum absolute atomic E-state index is 0.313. The van der Waals surface area contributed by atoms with Crippen molar-refractivity contribution >= 4 is 17.6 Å². The maximum absolute atomic E-state index is 12.4. The fraction of sp³-hybridized carbons (Fsp3) is 0.375. The molecule has 0 bridgehead atoms. The molecule has 0 aromatic heterocycles.